The highest BCUT2D eigenvalue weighted by atomic mass is 35.5. The van der Waals surface area contributed by atoms with E-state index in [9.17, 15) is 0 Å². The molecule has 0 spiro atoms. The molecule has 84 valence electrons. The number of halogens is 1. The number of rotatable bonds is 2. The van der Waals surface area contributed by atoms with Gasteiger partial charge >= 0.3 is 0 Å². The molecule has 3 rings (SSSR count). The molecule has 2 aromatic heterocycles. The Hall–Kier alpha value is -1.87. The van der Waals surface area contributed by atoms with Gasteiger partial charge in [0.25, 0.3) is 0 Å². The number of fused-ring (bicyclic) bond motifs is 1. The quantitative estimate of drug-likeness (QED) is 0.648. The molecule has 0 aliphatic heterocycles. The van der Waals surface area contributed by atoms with Crippen LogP contribution < -0.4 is 0 Å². The molecule has 0 N–H and O–H groups in total. The van der Waals surface area contributed by atoms with Crippen LogP contribution in [0.3, 0.4) is 0 Å². The first-order chi connectivity index (χ1) is 8.33. The van der Waals surface area contributed by atoms with Gasteiger partial charge in [0.05, 0.1) is 18.3 Å². The molecule has 3 nitrogen and oxygen atoms in total. The molecule has 2 heterocycles. The zero-order valence-electron chi connectivity index (χ0n) is 9.05. The average molecular weight is 244 g/mol. The van der Waals surface area contributed by atoms with Crippen LogP contribution in [0.4, 0.5) is 0 Å². The lowest BCUT2D eigenvalue weighted by molar-refractivity contribution is 0.711. The highest BCUT2D eigenvalue weighted by molar-refractivity contribution is 6.29. The van der Waals surface area contributed by atoms with Crippen LogP contribution in [-0.4, -0.2) is 14.8 Å². The summed E-state index contributed by atoms with van der Waals surface area (Å²) in [4.78, 5) is 3.97. The lowest BCUT2D eigenvalue weighted by Gasteiger charge is -2.03. The summed E-state index contributed by atoms with van der Waals surface area (Å²) < 4.78 is 1.96. The van der Waals surface area contributed by atoms with Crippen LogP contribution >= 0.6 is 11.6 Å². The number of nitrogens with zero attached hydrogens (tertiary/aromatic N) is 3. The molecule has 0 atom stereocenters. The van der Waals surface area contributed by atoms with Gasteiger partial charge in [-0.15, -0.1) is 0 Å². The minimum Gasteiger partial charge on any atom is -0.260 e. The summed E-state index contributed by atoms with van der Waals surface area (Å²) in [6.45, 7) is 0.704. The lowest BCUT2D eigenvalue weighted by Crippen LogP contribution is -2.01. The van der Waals surface area contributed by atoms with Gasteiger partial charge < -0.3 is 0 Å². The van der Waals surface area contributed by atoms with Crippen molar-refractivity contribution in [3.8, 4) is 0 Å². The topological polar surface area (TPSA) is 30.7 Å². The van der Waals surface area contributed by atoms with Crippen molar-refractivity contribution in [3.05, 3.63) is 59.5 Å². The molecular weight excluding hydrogens is 234 g/mol. The number of benzene rings is 1. The van der Waals surface area contributed by atoms with Gasteiger partial charge in [-0.2, -0.15) is 5.10 Å². The maximum atomic E-state index is 5.86. The Labute approximate surface area is 104 Å². The van der Waals surface area contributed by atoms with Gasteiger partial charge in [0.1, 0.15) is 5.15 Å². The summed E-state index contributed by atoms with van der Waals surface area (Å²) >= 11 is 5.86. The third-order valence-corrected chi connectivity index (χ3v) is 2.88. The second kappa shape index (κ2) is 4.18. The third-order valence-electron chi connectivity index (χ3n) is 2.67. The molecule has 1 aromatic carbocycles. The van der Waals surface area contributed by atoms with Gasteiger partial charge in [-0.25, -0.2) is 4.98 Å². The van der Waals surface area contributed by atoms with E-state index in [2.05, 4.69) is 22.2 Å². The number of hydrogen-bond acceptors (Lipinski definition) is 2. The van der Waals surface area contributed by atoms with Crippen molar-refractivity contribution in [3.63, 3.8) is 0 Å². The van der Waals surface area contributed by atoms with Gasteiger partial charge in [-0.05, 0) is 23.8 Å². The molecule has 0 radical (unpaired) electrons. The summed E-state index contributed by atoms with van der Waals surface area (Å²) in [5, 5.41) is 6.03. The van der Waals surface area contributed by atoms with Crippen molar-refractivity contribution in [1.29, 1.82) is 0 Å². The number of aromatic nitrogens is 3. The van der Waals surface area contributed by atoms with Gasteiger partial charge in [-0.3, -0.25) is 4.68 Å². The van der Waals surface area contributed by atoms with Gasteiger partial charge in [-0.1, -0.05) is 29.8 Å². The fraction of sp³-hybridized carbons (Fsp3) is 0.0769. The molecule has 0 aliphatic carbocycles. The SMILES string of the molecule is Clc1cc(Cn2ncc3ccccc32)ccn1. The fourth-order valence-electron chi connectivity index (χ4n) is 1.87. The van der Waals surface area contributed by atoms with Crippen molar-refractivity contribution in [2.45, 2.75) is 6.54 Å². The maximum Gasteiger partial charge on any atom is 0.129 e. The number of hydrogen-bond donors (Lipinski definition) is 0. The minimum absolute atomic E-state index is 0.513. The van der Waals surface area contributed by atoms with E-state index in [4.69, 9.17) is 11.6 Å². The van der Waals surface area contributed by atoms with Crippen LogP contribution in [0.5, 0.6) is 0 Å². The Morgan fingerprint density at radius 3 is 2.94 bits per heavy atom. The van der Waals surface area contributed by atoms with E-state index in [1.807, 2.05) is 35.1 Å². The average Bonchev–Trinajstić information content (AvgIpc) is 2.73. The lowest BCUT2D eigenvalue weighted by atomic mass is 10.2. The zero-order chi connectivity index (χ0) is 11.7. The van der Waals surface area contributed by atoms with E-state index in [1.165, 1.54) is 0 Å². The first kappa shape index (κ1) is 10.3. The van der Waals surface area contributed by atoms with Crippen molar-refractivity contribution < 1.29 is 0 Å². The molecule has 17 heavy (non-hydrogen) atoms. The van der Waals surface area contributed by atoms with Gasteiger partial charge in [0.2, 0.25) is 0 Å². The molecule has 0 aliphatic rings. The first-order valence-electron chi connectivity index (χ1n) is 5.34. The minimum atomic E-state index is 0.513. The van der Waals surface area contributed by atoms with Crippen LogP contribution in [0.15, 0.2) is 48.8 Å². The molecule has 0 bridgehead atoms. The smallest absolute Gasteiger partial charge is 0.129 e. The third kappa shape index (κ3) is 2.01. The van der Waals surface area contributed by atoms with E-state index in [0.717, 1.165) is 16.5 Å². The second-order valence-electron chi connectivity index (χ2n) is 3.85. The normalized spacial score (nSPS) is 10.9. The number of pyridine rings is 1. The Morgan fingerprint density at radius 2 is 2.06 bits per heavy atom. The predicted molar refractivity (Wildman–Crippen MR) is 68.1 cm³/mol. The highest BCUT2D eigenvalue weighted by Crippen LogP contribution is 2.15. The van der Waals surface area contributed by atoms with Crippen molar-refractivity contribution >= 4 is 22.5 Å². The molecule has 4 heteroatoms. The Bertz CT molecular complexity index is 660. The van der Waals surface area contributed by atoms with E-state index in [-0.39, 0.29) is 0 Å². The number of para-hydroxylation sites is 1. The molecule has 3 aromatic rings. The van der Waals surface area contributed by atoms with Crippen LogP contribution in [0.2, 0.25) is 5.15 Å². The first-order valence-corrected chi connectivity index (χ1v) is 5.72. The van der Waals surface area contributed by atoms with Gasteiger partial charge in [0, 0.05) is 11.6 Å². The zero-order valence-corrected chi connectivity index (χ0v) is 9.80. The molecule has 0 amide bonds. The Morgan fingerprint density at radius 1 is 1.18 bits per heavy atom. The molecule has 0 fully saturated rings. The molecule has 0 unspecified atom stereocenters. The van der Waals surface area contributed by atoms with Crippen LogP contribution in [-0.2, 0) is 6.54 Å². The van der Waals surface area contributed by atoms with E-state index in [0.29, 0.717) is 11.7 Å². The van der Waals surface area contributed by atoms with Crippen LogP contribution in [0.1, 0.15) is 5.56 Å². The summed E-state index contributed by atoms with van der Waals surface area (Å²) in [7, 11) is 0. The second-order valence-corrected chi connectivity index (χ2v) is 4.24. The summed E-state index contributed by atoms with van der Waals surface area (Å²) in [6, 6.07) is 11.9. The van der Waals surface area contributed by atoms with Crippen LogP contribution in [0, 0.1) is 0 Å². The van der Waals surface area contributed by atoms with Crippen molar-refractivity contribution in [2.24, 2.45) is 0 Å². The van der Waals surface area contributed by atoms with E-state index in [1.54, 1.807) is 6.20 Å². The van der Waals surface area contributed by atoms with E-state index >= 15 is 0 Å². The van der Waals surface area contributed by atoms with E-state index < -0.39 is 0 Å². The summed E-state index contributed by atoms with van der Waals surface area (Å²) in [5.41, 5.74) is 2.22. The highest BCUT2D eigenvalue weighted by Gasteiger charge is 2.02. The fourth-order valence-corrected chi connectivity index (χ4v) is 2.06. The molecular formula is C13H10ClN3. The van der Waals surface area contributed by atoms with Crippen molar-refractivity contribution in [1.82, 2.24) is 14.8 Å². The summed E-state index contributed by atoms with van der Waals surface area (Å²) in [6.07, 6.45) is 3.58. The molecule has 0 saturated heterocycles. The van der Waals surface area contributed by atoms with Crippen LogP contribution in [0.25, 0.3) is 10.9 Å². The monoisotopic (exact) mass is 243 g/mol. The standard InChI is InChI=1S/C13H10ClN3/c14-13-7-10(5-6-15-13)9-17-12-4-2-1-3-11(12)8-16-17/h1-8H,9H2. The Balaban J connectivity index is 2.00. The maximum absolute atomic E-state index is 5.86. The predicted octanol–water partition coefficient (Wildman–Crippen LogP) is 3.13. The molecule has 0 saturated carbocycles. The summed E-state index contributed by atoms with van der Waals surface area (Å²) in [5.74, 6) is 0. The largest absolute Gasteiger partial charge is 0.260 e. The van der Waals surface area contributed by atoms with Gasteiger partial charge in [0.15, 0.2) is 0 Å². The Kier molecular flexibility index (Phi) is 2.53. The van der Waals surface area contributed by atoms with Crippen molar-refractivity contribution in [2.75, 3.05) is 0 Å².